The van der Waals surface area contributed by atoms with Crippen molar-refractivity contribution in [2.45, 2.75) is 26.2 Å². The number of halogens is 1. The van der Waals surface area contributed by atoms with Crippen molar-refractivity contribution in [2.75, 3.05) is 0 Å². The molecular weight excluding hydrogens is 368 g/mol. The van der Waals surface area contributed by atoms with Crippen LogP contribution in [0.2, 0.25) is 0 Å². The quantitative estimate of drug-likeness (QED) is 0.617. The molecule has 0 bridgehead atoms. The number of phenols is 1. The molecule has 116 valence electrons. The number of benzene rings is 1. The van der Waals surface area contributed by atoms with Crippen LogP contribution in [0.4, 0.5) is 0 Å². The molecule has 0 saturated heterocycles. The van der Waals surface area contributed by atoms with Gasteiger partial charge in [0.05, 0.1) is 6.21 Å². The van der Waals surface area contributed by atoms with Gasteiger partial charge in [0.15, 0.2) is 0 Å². The van der Waals surface area contributed by atoms with Crippen molar-refractivity contribution in [1.82, 2.24) is 14.9 Å². The van der Waals surface area contributed by atoms with Gasteiger partial charge in [-0.3, -0.25) is 9.89 Å². The van der Waals surface area contributed by atoms with Crippen LogP contribution in [-0.4, -0.2) is 26.2 Å². The summed E-state index contributed by atoms with van der Waals surface area (Å²) in [7, 11) is 0. The molecule has 8 heteroatoms. The first-order valence-electron chi connectivity index (χ1n) is 6.45. The fourth-order valence-corrected chi connectivity index (χ4v) is 2.29. The first kappa shape index (κ1) is 16.6. The Hall–Kier alpha value is -1.80. The molecule has 0 atom stereocenters. The summed E-state index contributed by atoms with van der Waals surface area (Å²) >= 11 is 8.37. The van der Waals surface area contributed by atoms with Gasteiger partial charge in [-0.15, -0.1) is 0 Å². The minimum absolute atomic E-state index is 0.0556. The minimum atomic E-state index is -0.439. The number of nitrogens with zero attached hydrogens (tertiary/aromatic N) is 3. The molecule has 1 aromatic carbocycles. The van der Waals surface area contributed by atoms with Gasteiger partial charge < -0.3 is 5.11 Å². The smallest absolute Gasteiger partial charge is 0.297 e. The van der Waals surface area contributed by atoms with Gasteiger partial charge in [-0.1, -0.05) is 36.7 Å². The summed E-state index contributed by atoms with van der Waals surface area (Å²) in [6.45, 7) is 5.63. The maximum Gasteiger partial charge on any atom is 0.297 e. The summed E-state index contributed by atoms with van der Waals surface area (Å²) < 4.78 is 1.93. The summed E-state index contributed by atoms with van der Waals surface area (Å²) in [5.74, 6) is 0.0556. The van der Waals surface area contributed by atoms with Gasteiger partial charge in [-0.2, -0.15) is 14.9 Å². The molecule has 6 nitrogen and oxygen atoms in total. The van der Waals surface area contributed by atoms with Gasteiger partial charge in [0.2, 0.25) is 4.77 Å². The Morgan fingerprint density at radius 1 is 1.45 bits per heavy atom. The molecule has 0 radical (unpaired) electrons. The Labute approximate surface area is 140 Å². The predicted molar refractivity (Wildman–Crippen MR) is 91.2 cm³/mol. The molecule has 1 aromatic heterocycles. The third-order valence-corrected chi connectivity index (χ3v) is 3.62. The van der Waals surface area contributed by atoms with Gasteiger partial charge in [0.25, 0.3) is 5.56 Å². The van der Waals surface area contributed by atoms with E-state index in [9.17, 15) is 9.90 Å². The molecule has 0 spiro atoms. The van der Waals surface area contributed by atoms with Gasteiger partial charge in [0.1, 0.15) is 11.4 Å². The molecule has 22 heavy (non-hydrogen) atoms. The molecule has 0 saturated carbocycles. The second-order valence-corrected chi connectivity index (χ2v) is 6.99. The summed E-state index contributed by atoms with van der Waals surface area (Å²) in [6.07, 6.45) is 1.37. The van der Waals surface area contributed by atoms with Crippen molar-refractivity contribution in [3.8, 4) is 5.75 Å². The number of hydrogen-bond acceptors (Lipinski definition) is 5. The van der Waals surface area contributed by atoms with Crippen LogP contribution >= 0.6 is 28.1 Å². The van der Waals surface area contributed by atoms with Gasteiger partial charge in [-0.05, 0) is 30.4 Å². The van der Waals surface area contributed by atoms with Crippen molar-refractivity contribution >= 4 is 34.4 Å². The Morgan fingerprint density at radius 2 is 2.14 bits per heavy atom. The van der Waals surface area contributed by atoms with E-state index in [2.05, 4.69) is 31.2 Å². The predicted octanol–water partition coefficient (Wildman–Crippen LogP) is 2.95. The molecule has 0 amide bonds. The lowest BCUT2D eigenvalue weighted by molar-refractivity contribution is 0.474. The fraction of sp³-hybridized carbons (Fsp3) is 0.286. The molecule has 2 N–H and O–H groups in total. The lowest BCUT2D eigenvalue weighted by atomic mass is 9.93. The molecular formula is C14H15BrN4O2S. The average molecular weight is 383 g/mol. The van der Waals surface area contributed by atoms with Crippen LogP contribution in [0.5, 0.6) is 5.75 Å². The third-order valence-electron chi connectivity index (χ3n) is 2.86. The van der Waals surface area contributed by atoms with Gasteiger partial charge in [-0.25, -0.2) is 0 Å². The van der Waals surface area contributed by atoms with E-state index in [1.165, 1.54) is 12.3 Å². The van der Waals surface area contributed by atoms with E-state index >= 15 is 0 Å². The van der Waals surface area contributed by atoms with E-state index in [0.29, 0.717) is 11.3 Å². The summed E-state index contributed by atoms with van der Waals surface area (Å²) in [4.78, 5) is 12.4. The number of rotatable bonds is 2. The van der Waals surface area contributed by atoms with Crippen LogP contribution in [0.25, 0.3) is 0 Å². The third kappa shape index (κ3) is 3.50. The van der Waals surface area contributed by atoms with Crippen molar-refractivity contribution in [3.63, 3.8) is 0 Å². The molecule has 0 aliphatic carbocycles. The summed E-state index contributed by atoms with van der Waals surface area (Å²) in [5, 5.41) is 20.5. The zero-order chi connectivity index (χ0) is 16.5. The van der Waals surface area contributed by atoms with Crippen LogP contribution in [0.1, 0.15) is 32.0 Å². The first-order chi connectivity index (χ1) is 10.2. The molecule has 1 heterocycles. The Kier molecular flexibility index (Phi) is 4.62. The van der Waals surface area contributed by atoms with Gasteiger partial charge in [0, 0.05) is 15.5 Å². The van der Waals surface area contributed by atoms with Crippen LogP contribution in [0.15, 0.2) is 32.6 Å². The highest BCUT2D eigenvalue weighted by atomic mass is 79.9. The SMILES string of the molecule is CC(C)(C)c1n[nH]c(=S)n(/N=C\c2cc(Br)ccc2O)c1=O. The number of H-pyrrole nitrogens is 1. The van der Waals surface area contributed by atoms with E-state index in [1.807, 2.05) is 20.8 Å². The van der Waals surface area contributed by atoms with Crippen LogP contribution < -0.4 is 5.56 Å². The number of nitrogens with one attached hydrogen (secondary N) is 1. The van der Waals surface area contributed by atoms with Crippen LogP contribution in [-0.2, 0) is 5.41 Å². The number of aromatic hydroxyl groups is 1. The fourth-order valence-electron chi connectivity index (χ4n) is 1.73. The molecule has 0 unspecified atom stereocenters. The molecule has 0 fully saturated rings. The molecule has 2 aromatic rings. The molecule has 0 aliphatic heterocycles. The normalized spacial score (nSPS) is 12.0. The standard InChI is InChI=1S/C14H15BrN4O2S/c1-14(2,3)11-12(21)19(13(22)18-17-11)16-7-8-6-9(15)4-5-10(8)20/h4-7,20H,1-3H3,(H,18,22)/b16-7-. The highest BCUT2D eigenvalue weighted by Crippen LogP contribution is 2.20. The average Bonchev–Trinajstić information content (AvgIpc) is 2.40. The molecule has 2 rings (SSSR count). The number of aromatic nitrogens is 3. The topological polar surface area (TPSA) is 83.3 Å². The monoisotopic (exact) mass is 382 g/mol. The van der Waals surface area contributed by atoms with Crippen molar-refractivity contribution in [3.05, 3.63) is 49.1 Å². The van der Waals surface area contributed by atoms with E-state index < -0.39 is 5.41 Å². The zero-order valence-electron chi connectivity index (χ0n) is 12.3. The van der Waals surface area contributed by atoms with Crippen LogP contribution in [0, 0.1) is 4.77 Å². The first-order valence-corrected chi connectivity index (χ1v) is 7.65. The maximum atomic E-state index is 12.4. The molecule has 0 aliphatic rings. The minimum Gasteiger partial charge on any atom is -0.507 e. The van der Waals surface area contributed by atoms with Crippen molar-refractivity contribution in [1.29, 1.82) is 0 Å². The van der Waals surface area contributed by atoms with Gasteiger partial charge >= 0.3 is 0 Å². The Bertz CT molecular complexity index is 849. The van der Waals surface area contributed by atoms with E-state index in [4.69, 9.17) is 12.2 Å². The zero-order valence-corrected chi connectivity index (χ0v) is 14.7. The number of aromatic amines is 1. The number of phenolic OH excluding ortho intramolecular Hbond substituents is 1. The summed E-state index contributed by atoms with van der Waals surface area (Å²) in [6, 6.07) is 4.92. The second kappa shape index (κ2) is 6.13. The second-order valence-electron chi connectivity index (χ2n) is 5.69. The lowest BCUT2D eigenvalue weighted by Gasteiger charge is -2.16. The Balaban J connectivity index is 2.54. The van der Waals surface area contributed by atoms with E-state index in [1.54, 1.807) is 12.1 Å². The van der Waals surface area contributed by atoms with Crippen molar-refractivity contribution in [2.24, 2.45) is 5.10 Å². The number of hydrogen-bond donors (Lipinski definition) is 2. The van der Waals surface area contributed by atoms with E-state index in [-0.39, 0.29) is 16.1 Å². The van der Waals surface area contributed by atoms with Crippen LogP contribution in [0.3, 0.4) is 0 Å². The maximum absolute atomic E-state index is 12.4. The highest BCUT2D eigenvalue weighted by molar-refractivity contribution is 9.10. The Morgan fingerprint density at radius 3 is 2.77 bits per heavy atom. The lowest BCUT2D eigenvalue weighted by Crippen LogP contribution is -2.32. The summed E-state index contributed by atoms with van der Waals surface area (Å²) in [5.41, 5.74) is -0.0327. The highest BCUT2D eigenvalue weighted by Gasteiger charge is 2.21. The largest absolute Gasteiger partial charge is 0.507 e. The van der Waals surface area contributed by atoms with Crippen molar-refractivity contribution < 1.29 is 5.11 Å². The van der Waals surface area contributed by atoms with E-state index in [0.717, 1.165) is 9.15 Å².